The van der Waals surface area contributed by atoms with E-state index in [-0.39, 0.29) is 18.0 Å². The van der Waals surface area contributed by atoms with Crippen molar-refractivity contribution in [3.05, 3.63) is 34.9 Å². The second-order valence-electron chi connectivity index (χ2n) is 3.58. The van der Waals surface area contributed by atoms with Gasteiger partial charge in [0.15, 0.2) is 0 Å². The van der Waals surface area contributed by atoms with E-state index in [2.05, 4.69) is 17.2 Å². The van der Waals surface area contributed by atoms with E-state index in [1.54, 1.807) is 0 Å². The van der Waals surface area contributed by atoms with Gasteiger partial charge in [-0.2, -0.15) is 18.4 Å². The van der Waals surface area contributed by atoms with Crippen LogP contribution in [0, 0.1) is 23.2 Å². The fourth-order valence-electron chi connectivity index (χ4n) is 1.27. The predicted molar refractivity (Wildman–Crippen MR) is 61.7 cm³/mol. The number of benzene rings is 1. The number of nitrogens with one attached hydrogen (secondary N) is 1. The maximum atomic E-state index is 12.7. The average molecular weight is 266 g/mol. The molecule has 0 aliphatic carbocycles. The molecular formula is C13H9F3N2O. The summed E-state index contributed by atoms with van der Waals surface area (Å²) >= 11 is 0. The van der Waals surface area contributed by atoms with Crippen LogP contribution < -0.4 is 5.32 Å². The second-order valence-corrected chi connectivity index (χ2v) is 3.58. The molecule has 1 N–H and O–H groups in total. The highest BCUT2D eigenvalue weighted by molar-refractivity contribution is 5.73. The first kappa shape index (κ1) is 14.6. The van der Waals surface area contributed by atoms with Crippen molar-refractivity contribution in [1.29, 1.82) is 5.26 Å². The number of amides is 1. The molecule has 0 aliphatic rings. The van der Waals surface area contributed by atoms with E-state index in [9.17, 15) is 18.0 Å². The summed E-state index contributed by atoms with van der Waals surface area (Å²) in [5, 5.41) is 11.0. The van der Waals surface area contributed by atoms with Crippen molar-refractivity contribution in [2.75, 3.05) is 6.54 Å². The van der Waals surface area contributed by atoms with Crippen LogP contribution in [0.4, 0.5) is 13.2 Å². The fourth-order valence-corrected chi connectivity index (χ4v) is 1.27. The first-order chi connectivity index (χ1) is 8.84. The summed E-state index contributed by atoms with van der Waals surface area (Å²) < 4.78 is 38.0. The van der Waals surface area contributed by atoms with E-state index in [1.165, 1.54) is 19.1 Å². The Morgan fingerprint density at radius 3 is 2.63 bits per heavy atom. The maximum Gasteiger partial charge on any atom is 0.417 e. The van der Waals surface area contributed by atoms with Gasteiger partial charge in [-0.25, -0.2) is 0 Å². The van der Waals surface area contributed by atoms with Crippen LogP contribution in [0.3, 0.4) is 0 Å². The van der Waals surface area contributed by atoms with Crippen molar-refractivity contribution in [3.8, 4) is 17.9 Å². The van der Waals surface area contributed by atoms with Crippen LogP contribution in [0.25, 0.3) is 0 Å². The minimum Gasteiger partial charge on any atom is -0.345 e. The van der Waals surface area contributed by atoms with Gasteiger partial charge in [-0.1, -0.05) is 11.8 Å². The molecule has 0 aliphatic heterocycles. The smallest absolute Gasteiger partial charge is 0.345 e. The number of alkyl halides is 3. The summed E-state index contributed by atoms with van der Waals surface area (Å²) in [4.78, 5) is 10.6. The standard InChI is InChI=1S/C13H9F3N2O/c1-9(19)18-6-2-3-10-4-5-11(8-17)12(7-10)13(14,15)16/h4-5,7H,6H2,1H3,(H,18,19). The third-order valence-corrected chi connectivity index (χ3v) is 2.10. The van der Waals surface area contributed by atoms with Crippen molar-refractivity contribution >= 4 is 5.91 Å². The zero-order valence-corrected chi connectivity index (χ0v) is 9.93. The van der Waals surface area contributed by atoms with Crippen LogP contribution >= 0.6 is 0 Å². The normalized spacial score (nSPS) is 10.1. The maximum absolute atomic E-state index is 12.7. The lowest BCUT2D eigenvalue weighted by atomic mass is 10.0. The third kappa shape index (κ3) is 4.36. The predicted octanol–water partition coefficient (Wildman–Crippen LogP) is 2.06. The Bertz CT molecular complexity index is 589. The summed E-state index contributed by atoms with van der Waals surface area (Å²) in [6.45, 7) is 1.36. The highest BCUT2D eigenvalue weighted by atomic mass is 19.4. The molecule has 1 aromatic carbocycles. The lowest BCUT2D eigenvalue weighted by Gasteiger charge is -2.08. The van der Waals surface area contributed by atoms with Crippen LogP contribution in [0.5, 0.6) is 0 Å². The Labute approximate surface area is 108 Å². The van der Waals surface area contributed by atoms with Gasteiger partial charge in [0.2, 0.25) is 5.91 Å². The van der Waals surface area contributed by atoms with Gasteiger partial charge >= 0.3 is 6.18 Å². The molecule has 0 saturated carbocycles. The van der Waals surface area contributed by atoms with Crippen LogP contribution in [0.1, 0.15) is 23.6 Å². The topological polar surface area (TPSA) is 52.9 Å². The Balaban J connectivity index is 3.00. The Kier molecular flexibility index (Phi) is 4.55. The number of hydrogen-bond donors (Lipinski definition) is 1. The first-order valence-electron chi connectivity index (χ1n) is 5.19. The number of nitrogens with zero attached hydrogens (tertiary/aromatic N) is 1. The summed E-state index contributed by atoms with van der Waals surface area (Å²) in [7, 11) is 0. The van der Waals surface area contributed by atoms with Gasteiger partial charge in [0.25, 0.3) is 0 Å². The van der Waals surface area contributed by atoms with Crippen molar-refractivity contribution in [2.24, 2.45) is 0 Å². The monoisotopic (exact) mass is 266 g/mol. The van der Waals surface area contributed by atoms with E-state index < -0.39 is 17.3 Å². The number of rotatable bonds is 1. The van der Waals surface area contributed by atoms with E-state index in [1.807, 2.05) is 0 Å². The van der Waals surface area contributed by atoms with E-state index in [0.717, 1.165) is 12.1 Å². The molecule has 0 spiro atoms. The molecule has 0 heterocycles. The minimum atomic E-state index is -4.60. The lowest BCUT2D eigenvalue weighted by molar-refractivity contribution is -0.137. The molecule has 0 atom stereocenters. The molecule has 19 heavy (non-hydrogen) atoms. The molecule has 0 bridgehead atoms. The number of carbonyl (C=O) groups is 1. The summed E-state index contributed by atoms with van der Waals surface area (Å²) in [6.07, 6.45) is -4.60. The first-order valence-corrected chi connectivity index (χ1v) is 5.19. The van der Waals surface area contributed by atoms with Crippen LogP contribution in [-0.4, -0.2) is 12.5 Å². The molecule has 98 valence electrons. The molecule has 0 unspecified atom stereocenters. The molecule has 1 aromatic rings. The number of hydrogen-bond acceptors (Lipinski definition) is 2. The van der Waals surface area contributed by atoms with Gasteiger partial charge in [0.05, 0.1) is 23.7 Å². The average Bonchev–Trinajstić information content (AvgIpc) is 2.33. The molecule has 6 heteroatoms. The highest BCUT2D eigenvalue weighted by Crippen LogP contribution is 2.32. The highest BCUT2D eigenvalue weighted by Gasteiger charge is 2.33. The van der Waals surface area contributed by atoms with Crippen molar-refractivity contribution in [1.82, 2.24) is 5.32 Å². The van der Waals surface area contributed by atoms with Crippen LogP contribution in [0.2, 0.25) is 0 Å². The Morgan fingerprint density at radius 1 is 1.42 bits per heavy atom. The van der Waals surface area contributed by atoms with Gasteiger partial charge in [-0.05, 0) is 18.2 Å². The van der Waals surface area contributed by atoms with Gasteiger partial charge in [-0.15, -0.1) is 0 Å². The van der Waals surface area contributed by atoms with Gasteiger partial charge in [0, 0.05) is 12.5 Å². The molecule has 0 saturated heterocycles. The lowest BCUT2D eigenvalue weighted by Crippen LogP contribution is -2.19. The van der Waals surface area contributed by atoms with Crippen molar-refractivity contribution < 1.29 is 18.0 Å². The Morgan fingerprint density at radius 2 is 2.11 bits per heavy atom. The van der Waals surface area contributed by atoms with Gasteiger partial charge in [-0.3, -0.25) is 4.79 Å². The summed E-state index contributed by atoms with van der Waals surface area (Å²) in [5.74, 6) is 4.73. The van der Waals surface area contributed by atoms with Crippen molar-refractivity contribution in [2.45, 2.75) is 13.1 Å². The largest absolute Gasteiger partial charge is 0.417 e. The fraction of sp³-hybridized carbons (Fsp3) is 0.231. The molecule has 3 nitrogen and oxygen atoms in total. The van der Waals surface area contributed by atoms with E-state index >= 15 is 0 Å². The third-order valence-electron chi connectivity index (χ3n) is 2.10. The van der Waals surface area contributed by atoms with Gasteiger partial charge in [0.1, 0.15) is 0 Å². The minimum absolute atomic E-state index is 0.0523. The molecule has 0 fully saturated rings. The zero-order valence-electron chi connectivity index (χ0n) is 9.93. The quantitative estimate of drug-likeness (QED) is 0.791. The molecule has 0 aromatic heterocycles. The number of halogens is 3. The molecule has 0 radical (unpaired) electrons. The van der Waals surface area contributed by atoms with Crippen LogP contribution in [-0.2, 0) is 11.0 Å². The molecule has 1 rings (SSSR count). The summed E-state index contributed by atoms with van der Waals surface area (Å²) in [5.41, 5.74) is -1.32. The number of carbonyl (C=O) groups excluding carboxylic acids is 1. The number of nitriles is 1. The van der Waals surface area contributed by atoms with Crippen molar-refractivity contribution in [3.63, 3.8) is 0 Å². The SMILES string of the molecule is CC(=O)NCC#Cc1ccc(C#N)c(C(F)(F)F)c1. The molecular weight excluding hydrogens is 257 g/mol. The summed E-state index contributed by atoms with van der Waals surface area (Å²) in [6, 6.07) is 4.71. The molecule has 1 amide bonds. The van der Waals surface area contributed by atoms with E-state index in [0.29, 0.717) is 0 Å². The zero-order chi connectivity index (χ0) is 14.5. The van der Waals surface area contributed by atoms with Crippen LogP contribution in [0.15, 0.2) is 18.2 Å². The van der Waals surface area contributed by atoms with Gasteiger partial charge < -0.3 is 5.32 Å². The second kappa shape index (κ2) is 5.92. The van der Waals surface area contributed by atoms with E-state index in [4.69, 9.17) is 5.26 Å². The Hall–Kier alpha value is -2.47.